The molecule has 2 rings (SSSR count). The molecule has 0 bridgehead atoms. The Morgan fingerprint density at radius 2 is 2.08 bits per heavy atom. The fraction of sp³-hybridized carbons (Fsp3) is 0.333. The summed E-state index contributed by atoms with van der Waals surface area (Å²) in [6.07, 6.45) is -4.47. The van der Waals surface area contributed by atoms with Crippen LogP contribution in [0.3, 0.4) is 0 Å². The number of carbonyl (C=O) groups is 1. The van der Waals surface area contributed by atoms with Gasteiger partial charge >= 0.3 is 6.18 Å². The highest BCUT2D eigenvalue weighted by atomic mass is 32.2. The number of amides is 1. The zero-order valence-electron chi connectivity index (χ0n) is 12.3. The molecular formula is C12H13F3N4O3S2. The van der Waals surface area contributed by atoms with Gasteiger partial charge in [0.05, 0.1) is 21.7 Å². The van der Waals surface area contributed by atoms with Gasteiger partial charge in [0.25, 0.3) is 0 Å². The SMILES string of the molecule is Cn1c(SCC(=O)NCC(F)(F)F)nc2cc(S(N)(=O)=O)ccc21. The normalized spacial score (nSPS) is 12.5. The monoisotopic (exact) mass is 382 g/mol. The third kappa shape index (κ3) is 4.61. The van der Waals surface area contributed by atoms with Gasteiger partial charge in [0, 0.05) is 7.05 Å². The number of aromatic nitrogens is 2. The number of benzene rings is 1. The molecule has 0 saturated carbocycles. The van der Waals surface area contributed by atoms with E-state index in [0.29, 0.717) is 16.2 Å². The maximum atomic E-state index is 12.0. The molecular weight excluding hydrogens is 369 g/mol. The van der Waals surface area contributed by atoms with E-state index in [-0.39, 0.29) is 10.6 Å². The molecule has 3 N–H and O–H groups in total. The Hall–Kier alpha value is -1.79. The second kappa shape index (κ2) is 6.61. The number of nitrogens with zero attached hydrogens (tertiary/aromatic N) is 2. The minimum absolute atomic E-state index is 0.104. The second-order valence-electron chi connectivity index (χ2n) is 4.83. The van der Waals surface area contributed by atoms with E-state index in [1.807, 2.05) is 0 Å². The largest absolute Gasteiger partial charge is 0.405 e. The van der Waals surface area contributed by atoms with E-state index < -0.39 is 28.7 Å². The summed E-state index contributed by atoms with van der Waals surface area (Å²) >= 11 is 0.937. The van der Waals surface area contributed by atoms with Crippen LogP contribution >= 0.6 is 11.8 Å². The van der Waals surface area contributed by atoms with Crippen molar-refractivity contribution in [3.63, 3.8) is 0 Å². The molecule has 1 aromatic heterocycles. The minimum atomic E-state index is -4.47. The second-order valence-corrected chi connectivity index (χ2v) is 7.33. The molecule has 0 aliphatic carbocycles. The van der Waals surface area contributed by atoms with Crippen LogP contribution in [0.5, 0.6) is 0 Å². The van der Waals surface area contributed by atoms with Crippen molar-refractivity contribution in [3.8, 4) is 0 Å². The number of fused-ring (bicyclic) bond motifs is 1. The lowest BCUT2D eigenvalue weighted by atomic mass is 10.3. The summed E-state index contributed by atoms with van der Waals surface area (Å²) in [5, 5.41) is 7.16. The average molecular weight is 382 g/mol. The van der Waals surface area contributed by atoms with Crippen molar-refractivity contribution in [1.82, 2.24) is 14.9 Å². The molecule has 0 aliphatic heterocycles. The highest BCUT2D eigenvalue weighted by Crippen LogP contribution is 2.24. The van der Waals surface area contributed by atoms with Gasteiger partial charge in [0.2, 0.25) is 15.9 Å². The van der Waals surface area contributed by atoms with Crippen molar-refractivity contribution in [1.29, 1.82) is 0 Å². The standard InChI is InChI=1S/C12H13F3N4O3S2/c1-19-9-3-2-7(24(16,21)22)4-8(9)18-11(19)23-5-10(20)17-6-12(13,14)15/h2-4H,5-6H2,1H3,(H,17,20)(H2,16,21,22). The number of nitrogens with one attached hydrogen (secondary N) is 1. The quantitative estimate of drug-likeness (QED) is 0.750. The lowest BCUT2D eigenvalue weighted by Crippen LogP contribution is -2.34. The van der Waals surface area contributed by atoms with Crippen LogP contribution in [0.25, 0.3) is 11.0 Å². The molecule has 7 nitrogen and oxygen atoms in total. The Morgan fingerprint density at radius 3 is 2.67 bits per heavy atom. The summed E-state index contributed by atoms with van der Waals surface area (Å²) in [7, 11) is -2.23. The van der Waals surface area contributed by atoms with Crippen molar-refractivity contribution >= 4 is 38.7 Å². The zero-order chi connectivity index (χ0) is 18.1. The number of sulfonamides is 1. The number of imidazole rings is 1. The Labute approximate surface area is 139 Å². The van der Waals surface area contributed by atoms with Crippen LogP contribution in [0, 0.1) is 0 Å². The molecule has 0 unspecified atom stereocenters. The van der Waals surface area contributed by atoms with Gasteiger partial charge in [0.1, 0.15) is 6.54 Å². The van der Waals surface area contributed by atoms with E-state index in [4.69, 9.17) is 5.14 Å². The number of rotatable bonds is 5. The summed E-state index contributed by atoms with van der Waals surface area (Å²) in [5.41, 5.74) is 0.947. The molecule has 12 heteroatoms. The summed E-state index contributed by atoms with van der Waals surface area (Å²) in [4.78, 5) is 15.5. The van der Waals surface area contributed by atoms with Crippen LogP contribution < -0.4 is 10.5 Å². The number of nitrogens with two attached hydrogens (primary N) is 1. The van der Waals surface area contributed by atoms with Crippen LogP contribution in [-0.2, 0) is 21.9 Å². The van der Waals surface area contributed by atoms with Crippen LogP contribution in [0.2, 0.25) is 0 Å². The minimum Gasteiger partial charge on any atom is -0.346 e. The van der Waals surface area contributed by atoms with Gasteiger partial charge in [-0.25, -0.2) is 18.5 Å². The third-order valence-corrected chi connectivity index (χ3v) is 4.90. The number of alkyl halides is 3. The van der Waals surface area contributed by atoms with Gasteiger partial charge < -0.3 is 9.88 Å². The van der Waals surface area contributed by atoms with E-state index in [2.05, 4.69) is 4.98 Å². The fourth-order valence-electron chi connectivity index (χ4n) is 1.84. The highest BCUT2D eigenvalue weighted by molar-refractivity contribution is 7.99. The first-order chi connectivity index (χ1) is 11.0. The van der Waals surface area contributed by atoms with E-state index in [9.17, 15) is 26.4 Å². The van der Waals surface area contributed by atoms with Gasteiger partial charge in [0.15, 0.2) is 5.16 Å². The lowest BCUT2D eigenvalue weighted by molar-refractivity contribution is -0.136. The third-order valence-electron chi connectivity index (χ3n) is 2.96. The van der Waals surface area contributed by atoms with Crippen molar-refractivity contribution < 1.29 is 26.4 Å². The maximum Gasteiger partial charge on any atom is 0.405 e. The summed E-state index contributed by atoms with van der Waals surface area (Å²) in [6, 6.07) is 4.12. The van der Waals surface area contributed by atoms with Crippen molar-refractivity contribution in [3.05, 3.63) is 18.2 Å². The number of thioether (sulfide) groups is 1. The highest BCUT2D eigenvalue weighted by Gasteiger charge is 2.27. The summed E-state index contributed by atoms with van der Waals surface area (Å²) < 4.78 is 60.3. The molecule has 0 fully saturated rings. The van der Waals surface area contributed by atoms with Crippen LogP contribution in [0.1, 0.15) is 0 Å². The molecule has 24 heavy (non-hydrogen) atoms. The Bertz CT molecular complexity index is 878. The van der Waals surface area contributed by atoms with Gasteiger partial charge in [-0.3, -0.25) is 4.79 Å². The van der Waals surface area contributed by atoms with Crippen LogP contribution in [0.4, 0.5) is 13.2 Å². The van der Waals surface area contributed by atoms with E-state index in [1.54, 1.807) is 16.9 Å². The van der Waals surface area contributed by atoms with Gasteiger partial charge in [-0.15, -0.1) is 0 Å². The molecule has 0 saturated heterocycles. The van der Waals surface area contributed by atoms with E-state index >= 15 is 0 Å². The number of primary sulfonamides is 1. The first-order valence-electron chi connectivity index (χ1n) is 6.43. The van der Waals surface area contributed by atoms with Crippen LogP contribution in [-0.4, -0.2) is 42.3 Å². The molecule has 0 aliphatic rings. The lowest BCUT2D eigenvalue weighted by Gasteiger charge is -2.07. The number of aryl methyl sites for hydroxylation is 1. The van der Waals surface area contributed by atoms with Crippen molar-refractivity contribution in [2.75, 3.05) is 12.3 Å². The fourth-order valence-corrected chi connectivity index (χ4v) is 3.19. The predicted octanol–water partition coefficient (Wildman–Crippen LogP) is 0.991. The smallest absolute Gasteiger partial charge is 0.346 e. The maximum absolute atomic E-state index is 12.0. The zero-order valence-corrected chi connectivity index (χ0v) is 13.9. The Balaban J connectivity index is 2.13. The molecule has 1 aromatic carbocycles. The first-order valence-corrected chi connectivity index (χ1v) is 8.96. The van der Waals surface area contributed by atoms with Gasteiger partial charge in [-0.1, -0.05) is 11.8 Å². The molecule has 1 heterocycles. The van der Waals surface area contributed by atoms with Crippen molar-refractivity contribution in [2.45, 2.75) is 16.2 Å². The number of halogens is 3. The summed E-state index contributed by atoms with van der Waals surface area (Å²) in [5.74, 6) is -1.04. The molecule has 132 valence electrons. The number of hydrogen-bond donors (Lipinski definition) is 2. The van der Waals surface area contributed by atoms with Crippen molar-refractivity contribution in [2.24, 2.45) is 12.2 Å². The molecule has 0 spiro atoms. The molecule has 1 amide bonds. The molecule has 0 atom stereocenters. The topological polar surface area (TPSA) is 107 Å². The Kier molecular flexibility index (Phi) is 5.11. The average Bonchev–Trinajstić information content (AvgIpc) is 2.77. The number of carbonyl (C=O) groups excluding carboxylic acids is 1. The van der Waals surface area contributed by atoms with Gasteiger partial charge in [-0.05, 0) is 18.2 Å². The predicted molar refractivity (Wildman–Crippen MR) is 81.9 cm³/mol. The molecule has 0 radical (unpaired) electrons. The number of hydrogen-bond acceptors (Lipinski definition) is 5. The van der Waals surface area contributed by atoms with E-state index in [1.165, 1.54) is 18.2 Å². The van der Waals surface area contributed by atoms with E-state index in [0.717, 1.165) is 11.8 Å². The molecule has 2 aromatic rings. The Morgan fingerprint density at radius 1 is 1.42 bits per heavy atom. The van der Waals surface area contributed by atoms with Crippen LogP contribution in [0.15, 0.2) is 28.3 Å². The first kappa shape index (κ1) is 18.5. The summed E-state index contributed by atoms with van der Waals surface area (Å²) in [6.45, 7) is -1.40. The van der Waals surface area contributed by atoms with Gasteiger partial charge in [-0.2, -0.15) is 13.2 Å².